The van der Waals surface area contributed by atoms with Gasteiger partial charge in [-0.3, -0.25) is 4.84 Å². The van der Waals surface area contributed by atoms with Gasteiger partial charge in [0.15, 0.2) is 0 Å². The molecular formula is C12H12N2O. The number of fused-ring (bicyclic) bond motifs is 1. The Bertz CT molecular complexity index is 473. The van der Waals surface area contributed by atoms with Gasteiger partial charge in [0.1, 0.15) is 0 Å². The minimum atomic E-state index is 0.725. The Morgan fingerprint density at radius 2 is 1.93 bits per heavy atom. The Morgan fingerprint density at radius 3 is 2.80 bits per heavy atom. The van der Waals surface area contributed by atoms with E-state index in [2.05, 4.69) is 29.7 Å². The van der Waals surface area contributed by atoms with Crippen molar-refractivity contribution >= 4 is 16.5 Å². The molecule has 3 rings (SSSR count). The molecule has 0 spiro atoms. The standard InChI is InChI=1S/C12H12N2O/c1-2-6-11-10(4-1)5-3-7-12(11)14-13-8-9-15-14/h1-7,13H,8-9H2. The highest BCUT2D eigenvalue weighted by Gasteiger charge is 2.14. The third-order valence-electron chi connectivity index (χ3n) is 2.56. The first-order valence-corrected chi connectivity index (χ1v) is 5.09. The summed E-state index contributed by atoms with van der Waals surface area (Å²) in [7, 11) is 0. The number of hydrogen-bond acceptors (Lipinski definition) is 3. The maximum absolute atomic E-state index is 5.47. The van der Waals surface area contributed by atoms with Crippen LogP contribution in [0.4, 0.5) is 5.69 Å². The van der Waals surface area contributed by atoms with Gasteiger partial charge in [-0.25, -0.2) is 5.43 Å². The first-order chi connectivity index (χ1) is 7.45. The summed E-state index contributed by atoms with van der Waals surface area (Å²) in [6.07, 6.45) is 0. The third-order valence-corrected chi connectivity index (χ3v) is 2.56. The molecule has 15 heavy (non-hydrogen) atoms. The molecule has 1 aliphatic rings. The van der Waals surface area contributed by atoms with E-state index in [1.807, 2.05) is 18.2 Å². The predicted molar refractivity (Wildman–Crippen MR) is 60.4 cm³/mol. The van der Waals surface area contributed by atoms with E-state index in [4.69, 9.17) is 4.84 Å². The lowest BCUT2D eigenvalue weighted by Gasteiger charge is -2.17. The normalized spacial score (nSPS) is 16.1. The summed E-state index contributed by atoms with van der Waals surface area (Å²) in [6.45, 7) is 1.59. The largest absolute Gasteiger partial charge is 0.256 e. The van der Waals surface area contributed by atoms with E-state index >= 15 is 0 Å². The van der Waals surface area contributed by atoms with Gasteiger partial charge in [-0.1, -0.05) is 36.4 Å². The Balaban J connectivity index is 2.16. The molecule has 0 unspecified atom stereocenters. The molecule has 3 heteroatoms. The molecule has 0 aliphatic carbocycles. The van der Waals surface area contributed by atoms with Crippen LogP contribution in [0.25, 0.3) is 10.8 Å². The molecule has 1 N–H and O–H groups in total. The van der Waals surface area contributed by atoms with Crippen molar-refractivity contribution in [3.05, 3.63) is 42.5 Å². The molecule has 0 atom stereocenters. The second-order valence-corrected chi connectivity index (χ2v) is 3.53. The van der Waals surface area contributed by atoms with E-state index < -0.39 is 0 Å². The van der Waals surface area contributed by atoms with Crippen LogP contribution in [0.5, 0.6) is 0 Å². The molecule has 1 fully saturated rings. The van der Waals surface area contributed by atoms with Gasteiger partial charge >= 0.3 is 0 Å². The maximum Gasteiger partial charge on any atom is 0.0910 e. The van der Waals surface area contributed by atoms with Crippen LogP contribution >= 0.6 is 0 Å². The van der Waals surface area contributed by atoms with E-state index in [9.17, 15) is 0 Å². The topological polar surface area (TPSA) is 24.5 Å². The molecule has 0 amide bonds. The molecule has 2 aromatic carbocycles. The van der Waals surface area contributed by atoms with E-state index in [0.29, 0.717) is 0 Å². The van der Waals surface area contributed by atoms with E-state index in [-0.39, 0.29) is 0 Å². The Hall–Kier alpha value is -1.58. The predicted octanol–water partition coefficient (Wildman–Crippen LogP) is 2.10. The second kappa shape index (κ2) is 3.53. The molecule has 1 heterocycles. The van der Waals surface area contributed by atoms with Crippen LogP contribution in [0.15, 0.2) is 42.5 Å². The quantitative estimate of drug-likeness (QED) is 0.763. The van der Waals surface area contributed by atoms with E-state index in [1.54, 1.807) is 5.17 Å². The minimum Gasteiger partial charge on any atom is -0.256 e. The van der Waals surface area contributed by atoms with Crippen molar-refractivity contribution in [2.24, 2.45) is 0 Å². The van der Waals surface area contributed by atoms with Gasteiger partial charge in [0, 0.05) is 11.9 Å². The zero-order valence-corrected chi connectivity index (χ0v) is 8.31. The molecule has 1 aliphatic heterocycles. The van der Waals surface area contributed by atoms with Gasteiger partial charge in [0.2, 0.25) is 0 Å². The molecule has 76 valence electrons. The van der Waals surface area contributed by atoms with Crippen molar-refractivity contribution in [1.29, 1.82) is 0 Å². The lowest BCUT2D eigenvalue weighted by molar-refractivity contribution is 0.159. The van der Waals surface area contributed by atoms with Crippen molar-refractivity contribution < 1.29 is 4.84 Å². The average molecular weight is 200 g/mol. The van der Waals surface area contributed by atoms with Crippen molar-refractivity contribution in [2.75, 3.05) is 18.3 Å². The summed E-state index contributed by atoms with van der Waals surface area (Å²) >= 11 is 0. The van der Waals surface area contributed by atoms with Crippen LogP contribution < -0.4 is 10.6 Å². The molecule has 0 radical (unpaired) electrons. The first kappa shape index (κ1) is 8.71. The van der Waals surface area contributed by atoms with Crippen molar-refractivity contribution in [3.63, 3.8) is 0 Å². The number of hydrogen-bond donors (Lipinski definition) is 1. The fourth-order valence-corrected chi connectivity index (χ4v) is 1.87. The van der Waals surface area contributed by atoms with Gasteiger partial charge in [-0.05, 0) is 11.5 Å². The van der Waals surface area contributed by atoms with Crippen LogP contribution in [0.2, 0.25) is 0 Å². The zero-order valence-electron chi connectivity index (χ0n) is 8.31. The highest BCUT2D eigenvalue weighted by atomic mass is 16.7. The van der Waals surface area contributed by atoms with Gasteiger partial charge < -0.3 is 0 Å². The summed E-state index contributed by atoms with van der Waals surface area (Å²) in [4.78, 5) is 5.47. The number of rotatable bonds is 1. The van der Waals surface area contributed by atoms with Crippen molar-refractivity contribution in [3.8, 4) is 0 Å². The summed E-state index contributed by atoms with van der Waals surface area (Å²) < 4.78 is 0. The lowest BCUT2D eigenvalue weighted by Crippen LogP contribution is -2.29. The van der Waals surface area contributed by atoms with Gasteiger partial charge in [-0.15, -0.1) is 0 Å². The molecule has 0 saturated carbocycles. The van der Waals surface area contributed by atoms with Crippen LogP contribution in [-0.2, 0) is 4.84 Å². The molecule has 1 saturated heterocycles. The van der Waals surface area contributed by atoms with Gasteiger partial charge in [0.05, 0.1) is 12.3 Å². The smallest absolute Gasteiger partial charge is 0.0910 e. The number of hydrazine groups is 1. The zero-order chi connectivity index (χ0) is 10.1. The van der Waals surface area contributed by atoms with Crippen LogP contribution in [0, 0.1) is 0 Å². The Morgan fingerprint density at radius 1 is 1.07 bits per heavy atom. The fraction of sp³-hybridized carbons (Fsp3) is 0.167. The summed E-state index contributed by atoms with van der Waals surface area (Å²) in [5, 5.41) is 4.18. The molecular weight excluding hydrogens is 188 g/mol. The lowest BCUT2D eigenvalue weighted by atomic mass is 10.1. The van der Waals surface area contributed by atoms with Crippen molar-refractivity contribution in [1.82, 2.24) is 5.43 Å². The maximum atomic E-state index is 5.47. The van der Waals surface area contributed by atoms with Gasteiger partial charge in [-0.2, -0.15) is 5.17 Å². The summed E-state index contributed by atoms with van der Waals surface area (Å²) in [5.41, 5.74) is 4.25. The fourth-order valence-electron chi connectivity index (χ4n) is 1.87. The Kier molecular flexibility index (Phi) is 2.05. The van der Waals surface area contributed by atoms with Crippen molar-refractivity contribution in [2.45, 2.75) is 0 Å². The summed E-state index contributed by atoms with van der Waals surface area (Å²) in [6, 6.07) is 14.5. The number of benzene rings is 2. The second-order valence-electron chi connectivity index (χ2n) is 3.53. The van der Waals surface area contributed by atoms with Crippen LogP contribution in [-0.4, -0.2) is 13.2 Å². The highest BCUT2D eigenvalue weighted by molar-refractivity contribution is 5.93. The van der Waals surface area contributed by atoms with E-state index in [1.165, 1.54) is 10.8 Å². The third kappa shape index (κ3) is 1.46. The SMILES string of the molecule is c1ccc2c(N3NCCO3)cccc2c1. The van der Waals surface area contributed by atoms with Crippen LogP contribution in [0.1, 0.15) is 0 Å². The molecule has 2 aromatic rings. The van der Waals surface area contributed by atoms with Gasteiger partial charge in [0.25, 0.3) is 0 Å². The molecule has 0 bridgehead atoms. The number of anilines is 1. The minimum absolute atomic E-state index is 0.725. The Labute approximate surface area is 88.2 Å². The monoisotopic (exact) mass is 200 g/mol. The van der Waals surface area contributed by atoms with E-state index in [0.717, 1.165) is 18.8 Å². The average Bonchev–Trinajstić information content (AvgIpc) is 2.82. The number of nitrogens with one attached hydrogen (secondary N) is 1. The number of nitrogens with zero attached hydrogens (tertiary/aromatic N) is 1. The first-order valence-electron chi connectivity index (χ1n) is 5.09. The van der Waals surface area contributed by atoms with Crippen LogP contribution in [0.3, 0.4) is 0 Å². The highest BCUT2D eigenvalue weighted by Crippen LogP contribution is 2.26. The molecule has 3 nitrogen and oxygen atoms in total. The summed E-state index contributed by atoms with van der Waals surface area (Å²) in [5.74, 6) is 0. The molecule has 0 aromatic heterocycles.